The first kappa shape index (κ1) is 21.3. The number of hydrogen-bond acceptors (Lipinski definition) is 5. The largest absolute Gasteiger partial charge is 0.493 e. The molecule has 30 heavy (non-hydrogen) atoms. The van der Waals surface area contributed by atoms with Crippen molar-refractivity contribution in [3.8, 4) is 5.75 Å². The average molecular weight is 429 g/mol. The van der Waals surface area contributed by atoms with Crippen LogP contribution in [0, 0.1) is 6.92 Å². The van der Waals surface area contributed by atoms with Crippen LogP contribution < -0.4 is 21.1 Å². The molecule has 1 aromatic heterocycles. The number of benzene rings is 2. The number of aromatic nitrogens is 2. The van der Waals surface area contributed by atoms with Crippen molar-refractivity contribution in [3.63, 3.8) is 0 Å². The Bertz CT molecular complexity index is 1130. The molecule has 1 heterocycles. The minimum absolute atomic E-state index is 0.168. The van der Waals surface area contributed by atoms with Crippen LogP contribution in [0.25, 0.3) is 10.8 Å². The third-order valence-corrected chi connectivity index (χ3v) is 4.57. The van der Waals surface area contributed by atoms with Crippen molar-refractivity contribution in [1.82, 2.24) is 20.6 Å². The van der Waals surface area contributed by atoms with Gasteiger partial charge in [-0.2, -0.15) is 5.10 Å². The Morgan fingerprint density at radius 1 is 1.13 bits per heavy atom. The summed E-state index contributed by atoms with van der Waals surface area (Å²) >= 11 is 5.90. The lowest BCUT2D eigenvalue weighted by molar-refractivity contribution is -0.129. The number of ether oxygens (including phenoxy) is 1. The molecule has 3 rings (SSSR count). The predicted octanol–water partition coefficient (Wildman–Crippen LogP) is 2.36. The highest BCUT2D eigenvalue weighted by Crippen LogP contribution is 2.21. The van der Waals surface area contributed by atoms with Crippen molar-refractivity contribution in [2.45, 2.75) is 26.3 Å². The van der Waals surface area contributed by atoms with E-state index >= 15 is 0 Å². The SMILES string of the molecule is Cc1cc(Cl)ccc1OCCCC(=O)NNC(=O)Cn1ncc2ccccc2c1=O. The van der Waals surface area contributed by atoms with E-state index in [1.807, 2.05) is 6.92 Å². The first-order valence-corrected chi connectivity index (χ1v) is 9.73. The fourth-order valence-electron chi connectivity index (χ4n) is 2.81. The van der Waals surface area contributed by atoms with Crippen LogP contribution in [0.3, 0.4) is 0 Å². The fourth-order valence-corrected chi connectivity index (χ4v) is 3.03. The number of nitrogens with zero attached hydrogens (tertiary/aromatic N) is 2. The molecular weight excluding hydrogens is 408 g/mol. The second-order valence-corrected chi connectivity index (χ2v) is 7.09. The second kappa shape index (κ2) is 9.89. The molecule has 0 bridgehead atoms. The van der Waals surface area contributed by atoms with E-state index < -0.39 is 5.91 Å². The maximum Gasteiger partial charge on any atom is 0.275 e. The number of halogens is 1. The van der Waals surface area contributed by atoms with E-state index in [1.54, 1.807) is 42.5 Å². The number of hydrazine groups is 1. The number of hydrogen-bond donors (Lipinski definition) is 2. The van der Waals surface area contributed by atoms with Crippen LogP contribution in [0.1, 0.15) is 18.4 Å². The van der Waals surface area contributed by atoms with Gasteiger partial charge in [0.1, 0.15) is 12.3 Å². The Hall–Kier alpha value is -3.39. The summed E-state index contributed by atoms with van der Waals surface area (Å²) in [6.07, 6.45) is 2.15. The van der Waals surface area contributed by atoms with Crippen molar-refractivity contribution >= 4 is 34.2 Å². The first-order valence-electron chi connectivity index (χ1n) is 9.35. The molecule has 3 aromatic rings. The summed E-state index contributed by atoms with van der Waals surface area (Å²) in [5.74, 6) is -0.207. The summed E-state index contributed by atoms with van der Waals surface area (Å²) in [4.78, 5) is 36.3. The van der Waals surface area contributed by atoms with Crippen molar-refractivity contribution in [1.29, 1.82) is 0 Å². The van der Waals surface area contributed by atoms with Crippen molar-refractivity contribution in [2.75, 3.05) is 6.61 Å². The zero-order valence-corrected chi connectivity index (χ0v) is 17.1. The highest BCUT2D eigenvalue weighted by Gasteiger charge is 2.10. The minimum atomic E-state index is -0.554. The summed E-state index contributed by atoms with van der Waals surface area (Å²) in [5, 5.41) is 5.79. The van der Waals surface area contributed by atoms with E-state index in [4.69, 9.17) is 16.3 Å². The number of nitrogens with one attached hydrogen (secondary N) is 2. The topological polar surface area (TPSA) is 102 Å². The molecule has 0 radical (unpaired) electrons. The molecule has 0 saturated carbocycles. The molecule has 0 aliphatic heterocycles. The van der Waals surface area contributed by atoms with Crippen LogP contribution in [-0.4, -0.2) is 28.2 Å². The molecule has 0 unspecified atom stereocenters. The summed E-state index contributed by atoms with van der Waals surface area (Å²) in [6, 6.07) is 12.3. The monoisotopic (exact) mass is 428 g/mol. The standard InChI is InChI=1S/C21H21ClN4O4/c1-14-11-16(22)8-9-18(14)30-10-4-7-19(27)24-25-20(28)13-26-21(29)17-6-3-2-5-15(17)12-23-26/h2-3,5-6,8-9,11-12H,4,7,10,13H2,1H3,(H,24,27)(H,25,28). The smallest absolute Gasteiger partial charge is 0.275 e. The molecule has 0 spiro atoms. The average Bonchev–Trinajstić information content (AvgIpc) is 2.73. The molecule has 8 nitrogen and oxygen atoms in total. The molecule has 0 atom stereocenters. The first-order chi connectivity index (χ1) is 14.4. The van der Waals surface area contributed by atoms with Gasteiger partial charge in [-0.1, -0.05) is 29.8 Å². The van der Waals surface area contributed by atoms with Crippen molar-refractivity contribution in [3.05, 3.63) is 69.6 Å². The Morgan fingerprint density at radius 3 is 2.70 bits per heavy atom. The van der Waals surface area contributed by atoms with Crippen molar-refractivity contribution in [2.24, 2.45) is 0 Å². The predicted molar refractivity (Wildman–Crippen MR) is 113 cm³/mol. The summed E-state index contributed by atoms with van der Waals surface area (Å²) in [7, 11) is 0. The van der Waals surface area contributed by atoms with Crippen molar-refractivity contribution < 1.29 is 14.3 Å². The molecule has 0 aliphatic carbocycles. The van der Waals surface area contributed by atoms with Crippen LogP contribution in [0.5, 0.6) is 5.75 Å². The van der Waals surface area contributed by atoms with Gasteiger partial charge in [0.2, 0.25) is 5.91 Å². The van der Waals surface area contributed by atoms with Crippen LogP contribution in [-0.2, 0) is 16.1 Å². The zero-order chi connectivity index (χ0) is 21.5. The molecule has 2 amide bonds. The van der Waals surface area contributed by atoms with Gasteiger partial charge in [-0.05, 0) is 43.2 Å². The lowest BCUT2D eigenvalue weighted by Crippen LogP contribution is -2.44. The zero-order valence-electron chi connectivity index (χ0n) is 16.4. The van der Waals surface area contributed by atoms with Gasteiger partial charge < -0.3 is 4.74 Å². The van der Waals surface area contributed by atoms with Gasteiger partial charge in [-0.3, -0.25) is 25.2 Å². The van der Waals surface area contributed by atoms with Crippen LogP contribution in [0.2, 0.25) is 5.02 Å². The molecule has 9 heteroatoms. The molecule has 2 aromatic carbocycles. The number of fused-ring (bicyclic) bond motifs is 1. The van der Waals surface area contributed by atoms with Gasteiger partial charge in [-0.15, -0.1) is 0 Å². The highest BCUT2D eigenvalue weighted by molar-refractivity contribution is 6.30. The number of carbonyl (C=O) groups excluding carboxylic acids is 2. The molecule has 2 N–H and O–H groups in total. The van der Waals surface area contributed by atoms with Gasteiger partial charge in [0.25, 0.3) is 11.5 Å². The van der Waals surface area contributed by atoms with Crippen LogP contribution in [0.15, 0.2) is 53.5 Å². The number of carbonyl (C=O) groups is 2. The lowest BCUT2D eigenvalue weighted by atomic mass is 10.2. The molecule has 0 aliphatic rings. The summed E-state index contributed by atoms with van der Waals surface area (Å²) < 4.78 is 6.67. The highest BCUT2D eigenvalue weighted by atomic mass is 35.5. The van der Waals surface area contributed by atoms with E-state index in [1.165, 1.54) is 6.20 Å². The quantitative estimate of drug-likeness (QED) is 0.444. The van der Waals surface area contributed by atoms with Gasteiger partial charge in [-0.25, -0.2) is 4.68 Å². The number of aryl methyl sites for hydroxylation is 1. The fraction of sp³-hybridized carbons (Fsp3) is 0.238. The Kier molecular flexibility index (Phi) is 7.03. The Balaban J connectivity index is 1.41. The van der Waals surface area contributed by atoms with Gasteiger partial charge in [0.05, 0.1) is 18.2 Å². The van der Waals surface area contributed by atoms with Crippen LogP contribution in [0.4, 0.5) is 0 Å². The van der Waals surface area contributed by atoms with Gasteiger partial charge in [0.15, 0.2) is 0 Å². The normalized spacial score (nSPS) is 10.6. The summed E-state index contributed by atoms with van der Waals surface area (Å²) in [6.45, 7) is 1.93. The number of rotatable bonds is 7. The molecular formula is C21H21ClN4O4. The van der Waals surface area contributed by atoms with E-state index in [0.717, 1.165) is 10.2 Å². The van der Waals surface area contributed by atoms with Crippen LogP contribution >= 0.6 is 11.6 Å². The lowest BCUT2D eigenvalue weighted by Gasteiger charge is -2.10. The van der Waals surface area contributed by atoms with Gasteiger partial charge in [0, 0.05) is 16.8 Å². The Morgan fingerprint density at radius 2 is 1.90 bits per heavy atom. The molecule has 0 fully saturated rings. The molecule has 156 valence electrons. The van der Waals surface area contributed by atoms with E-state index in [-0.39, 0.29) is 24.4 Å². The maximum atomic E-state index is 12.3. The minimum Gasteiger partial charge on any atom is -0.493 e. The maximum absolute atomic E-state index is 12.3. The van der Waals surface area contributed by atoms with E-state index in [0.29, 0.717) is 34.6 Å². The number of amides is 2. The third-order valence-electron chi connectivity index (χ3n) is 4.34. The van der Waals surface area contributed by atoms with Gasteiger partial charge >= 0.3 is 0 Å². The van der Waals surface area contributed by atoms with E-state index in [2.05, 4.69) is 16.0 Å². The second-order valence-electron chi connectivity index (χ2n) is 6.65. The van der Waals surface area contributed by atoms with E-state index in [9.17, 15) is 14.4 Å². The Labute approximate surface area is 177 Å². The summed E-state index contributed by atoms with van der Waals surface area (Å²) in [5.41, 5.74) is 5.15. The third kappa shape index (κ3) is 5.57. The molecule has 0 saturated heterocycles.